The van der Waals surface area contributed by atoms with Crippen molar-refractivity contribution in [3.8, 4) is 11.1 Å². The Morgan fingerprint density at radius 3 is 1.97 bits per heavy atom. The minimum Gasteiger partial charge on any atom is -0.462 e. The first-order chi connectivity index (χ1) is 17.8. The van der Waals surface area contributed by atoms with Crippen molar-refractivity contribution >= 4 is 51.4 Å². The Hall–Kier alpha value is -4.07. The lowest BCUT2D eigenvalue weighted by Gasteiger charge is -2.10. The standard InChI is InChI=1S/C29H22ClNO5S/c1-3-36-29(35)24-23(18-13-15-22(30)16-14-18)17(2)37-28(24)31-27(34)21-11-9-20(10-12-21)26(33)25(32)19-7-5-4-6-8-19/h4-16H,3H2,1-2H3,(H,31,34). The molecule has 1 aromatic heterocycles. The minimum atomic E-state index is -0.663. The smallest absolute Gasteiger partial charge is 0.341 e. The van der Waals surface area contributed by atoms with Crippen LogP contribution < -0.4 is 5.32 Å². The number of esters is 1. The Balaban J connectivity index is 1.59. The Bertz CT molecular complexity index is 1480. The highest BCUT2D eigenvalue weighted by Crippen LogP contribution is 2.41. The summed E-state index contributed by atoms with van der Waals surface area (Å²) in [7, 11) is 0. The van der Waals surface area contributed by atoms with Crippen LogP contribution in [0.3, 0.4) is 0 Å². The maximum Gasteiger partial charge on any atom is 0.341 e. The highest BCUT2D eigenvalue weighted by Gasteiger charge is 2.26. The van der Waals surface area contributed by atoms with Gasteiger partial charge < -0.3 is 10.1 Å². The van der Waals surface area contributed by atoms with Crippen LogP contribution in [0.2, 0.25) is 5.02 Å². The summed E-state index contributed by atoms with van der Waals surface area (Å²) in [6.45, 7) is 3.75. The molecule has 186 valence electrons. The van der Waals surface area contributed by atoms with Gasteiger partial charge in [0.05, 0.1) is 6.61 Å². The number of carbonyl (C=O) groups excluding carboxylic acids is 4. The number of hydrogen-bond donors (Lipinski definition) is 1. The summed E-state index contributed by atoms with van der Waals surface area (Å²) in [6, 6.07) is 21.1. The molecule has 0 atom stereocenters. The molecular formula is C29H22ClNO5S. The van der Waals surface area contributed by atoms with E-state index in [4.69, 9.17) is 16.3 Å². The molecule has 4 aromatic rings. The van der Waals surface area contributed by atoms with Gasteiger partial charge in [-0.05, 0) is 43.7 Å². The normalized spacial score (nSPS) is 10.6. The van der Waals surface area contributed by atoms with Gasteiger partial charge in [-0.25, -0.2) is 4.79 Å². The first-order valence-corrected chi connectivity index (χ1v) is 12.6. The van der Waals surface area contributed by atoms with Crippen LogP contribution in [0.5, 0.6) is 0 Å². The number of halogens is 1. The number of ketones is 2. The van der Waals surface area contributed by atoms with E-state index in [1.165, 1.54) is 35.6 Å². The molecule has 0 radical (unpaired) electrons. The Morgan fingerprint density at radius 1 is 0.811 bits per heavy atom. The summed E-state index contributed by atoms with van der Waals surface area (Å²) >= 11 is 7.29. The highest BCUT2D eigenvalue weighted by molar-refractivity contribution is 7.17. The highest BCUT2D eigenvalue weighted by atomic mass is 35.5. The number of nitrogens with one attached hydrogen (secondary N) is 1. The molecule has 0 spiro atoms. The zero-order valence-corrected chi connectivity index (χ0v) is 21.6. The zero-order valence-electron chi connectivity index (χ0n) is 20.0. The molecule has 8 heteroatoms. The topological polar surface area (TPSA) is 89.5 Å². The van der Waals surface area contributed by atoms with Gasteiger partial charge in [0.25, 0.3) is 5.91 Å². The van der Waals surface area contributed by atoms with E-state index in [0.29, 0.717) is 21.2 Å². The second-order valence-corrected chi connectivity index (χ2v) is 9.68. The predicted molar refractivity (Wildman–Crippen MR) is 145 cm³/mol. The monoisotopic (exact) mass is 531 g/mol. The van der Waals surface area contributed by atoms with Crippen molar-refractivity contribution in [3.05, 3.63) is 111 Å². The molecule has 4 rings (SSSR count). The largest absolute Gasteiger partial charge is 0.462 e. The third kappa shape index (κ3) is 5.69. The second-order valence-electron chi connectivity index (χ2n) is 8.02. The van der Waals surface area contributed by atoms with Crippen LogP contribution in [0.15, 0.2) is 78.9 Å². The maximum absolute atomic E-state index is 13.1. The molecule has 0 bridgehead atoms. The van der Waals surface area contributed by atoms with Gasteiger partial charge in [0.15, 0.2) is 0 Å². The molecule has 1 heterocycles. The van der Waals surface area contributed by atoms with E-state index in [-0.39, 0.29) is 23.3 Å². The van der Waals surface area contributed by atoms with Gasteiger partial charge in [0.2, 0.25) is 11.6 Å². The number of hydrogen-bond acceptors (Lipinski definition) is 6. The van der Waals surface area contributed by atoms with Crippen LogP contribution in [-0.2, 0) is 4.74 Å². The Morgan fingerprint density at radius 2 is 1.38 bits per heavy atom. The summed E-state index contributed by atoms with van der Waals surface area (Å²) in [4.78, 5) is 51.8. The maximum atomic E-state index is 13.1. The molecule has 0 saturated carbocycles. The van der Waals surface area contributed by atoms with Gasteiger partial charge in [-0.2, -0.15) is 0 Å². The number of carbonyl (C=O) groups is 4. The molecular weight excluding hydrogens is 510 g/mol. The molecule has 0 aliphatic rings. The summed E-state index contributed by atoms with van der Waals surface area (Å²) in [5.41, 5.74) is 2.43. The molecule has 0 saturated heterocycles. The number of thiophene rings is 1. The molecule has 1 amide bonds. The van der Waals surface area contributed by atoms with Gasteiger partial charge in [0, 0.05) is 32.2 Å². The SMILES string of the molecule is CCOC(=O)c1c(NC(=O)c2ccc(C(=O)C(=O)c3ccccc3)cc2)sc(C)c1-c1ccc(Cl)cc1. The number of amides is 1. The van der Waals surface area contributed by atoms with Gasteiger partial charge >= 0.3 is 5.97 Å². The zero-order chi connectivity index (χ0) is 26.5. The number of ether oxygens (including phenoxy) is 1. The van der Waals surface area contributed by atoms with Crippen molar-refractivity contribution in [2.24, 2.45) is 0 Å². The molecule has 0 fully saturated rings. The fourth-order valence-electron chi connectivity index (χ4n) is 3.79. The summed E-state index contributed by atoms with van der Waals surface area (Å²) in [5.74, 6) is -2.31. The molecule has 0 aliphatic carbocycles. The number of Topliss-reactive ketones (excluding diaryl/α,β-unsaturated/α-hetero) is 2. The van der Waals surface area contributed by atoms with Crippen LogP contribution in [0, 0.1) is 6.92 Å². The van der Waals surface area contributed by atoms with Crippen LogP contribution in [0.1, 0.15) is 53.2 Å². The average Bonchev–Trinajstić information content (AvgIpc) is 3.24. The molecule has 37 heavy (non-hydrogen) atoms. The van der Waals surface area contributed by atoms with Crippen molar-refractivity contribution in [1.82, 2.24) is 0 Å². The van der Waals surface area contributed by atoms with E-state index in [1.807, 2.05) is 6.92 Å². The summed E-state index contributed by atoms with van der Waals surface area (Å²) in [5, 5.41) is 3.72. The molecule has 3 aromatic carbocycles. The number of rotatable bonds is 8. The van der Waals surface area contributed by atoms with E-state index in [0.717, 1.165) is 10.4 Å². The predicted octanol–water partition coefficient (Wildman–Crippen LogP) is 6.87. The fourth-order valence-corrected chi connectivity index (χ4v) is 4.98. The van der Waals surface area contributed by atoms with Crippen molar-refractivity contribution < 1.29 is 23.9 Å². The van der Waals surface area contributed by atoms with E-state index in [2.05, 4.69) is 5.32 Å². The molecule has 0 aliphatic heterocycles. The summed E-state index contributed by atoms with van der Waals surface area (Å²) < 4.78 is 5.28. The Kier molecular flexibility index (Phi) is 7.96. The van der Waals surface area contributed by atoms with Crippen LogP contribution >= 0.6 is 22.9 Å². The van der Waals surface area contributed by atoms with Crippen LogP contribution in [0.25, 0.3) is 11.1 Å². The summed E-state index contributed by atoms with van der Waals surface area (Å²) in [6.07, 6.45) is 0. The minimum absolute atomic E-state index is 0.176. The van der Waals surface area contributed by atoms with Crippen molar-refractivity contribution in [3.63, 3.8) is 0 Å². The third-order valence-electron chi connectivity index (χ3n) is 5.58. The van der Waals surface area contributed by atoms with E-state index in [1.54, 1.807) is 61.5 Å². The molecule has 6 nitrogen and oxygen atoms in total. The van der Waals surface area contributed by atoms with Gasteiger partial charge in [-0.1, -0.05) is 66.2 Å². The van der Waals surface area contributed by atoms with Crippen LogP contribution in [-0.4, -0.2) is 30.0 Å². The van der Waals surface area contributed by atoms with E-state index in [9.17, 15) is 19.2 Å². The Labute approximate surface area is 222 Å². The van der Waals surface area contributed by atoms with Crippen LogP contribution in [0.4, 0.5) is 5.00 Å². The number of anilines is 1. The quantitative estimate of drug-likeness (QED) is 0.152. The van der Waals surface area contributed by atoms with E-state index < -0.39 is 23.4 Å². The second kappa shape index (κ2) is 11.3. The van der Waals surface area contributed by atoms with Gasteiger partial charge in [0.1, 0.15) is 10.6 Å². The van der Waals surface area contributed by atoms with Gasteiger partial charge in [-0.15, -0.1) is 11.3 Å². The lowest BCUT2D eigenvalue weighted by molar-refractivity contribution is 0.0528. The van der Waals surface area contributed by atoms with Crippen molar-refractivity contribution in [1.29, 1.82) is 0 Å². The number of benzene rings is 3. The lowest BCUT2D eigenvalue weighted by Crippen LogP contribution is -2.16. The third-order valence-corrected chi connectivity index (χ3v) is 6.85. The van der Waals surface area contributed by atoms with E-state index >= 15 is 0 Å². The molecule has 0 unspecified atom stereocenters. The first kappa shape index (κ1) is 26.0. The number of aryl methyl sites for hydroxylation is 1. The first-order valence-electron chi connectivity index (χ1n) is 11.4. The van der Waals surface area contributed by atoms with Crippen molar-refractivity contribution in [2.45, 2.75) is 13.8 Å². The van der Waals surface area contributed by atoms with Crippen molar-refractivity contribution in [2.75, 3.05) is 11.9 Å². The average molecular weight is 532 g/mol. The van der Waals surface area contributed by atoms with Gasteiger partial charge in [-0.3, -0.25) is 14.4 Å². The lowest BCUT2D eigenvalue weighted by atomic mass is 10.0. The fraction of sp³-hybridized carbons (Fsp3) is 0.103. The molecule has 1 N–H and O–H groups in total.